The first-order valence-electron chi connectivity index (χ1n) is 10.8. The lowest BCUT2D eigenvalue weighted by Gasteiger charge is -2.19. The first-order valence-corrected chi connectivity index (χ1v) is 12.8. The number of amides is 1. The highest BCUT2D eigenvalue weighted by Gasteiger charge is 2.65. The van der Waals surface area contributed by atoms with Gasteiger partial charge in [0.05, 0.1) is 15.1 Å². The van der Waals surface area contributed by atoms with Gasteiger partial charge in [0.25, 0.3) is 11.8 Å². The molecule has 1 unspecified atom stereocenters. The van der Waals surface area contributed by atoms with Crippen molar-refractivity contribution in [2.75, 3.05) is 11.6 Å². The van der Waals surface area contributed by atoms with Gasteiger partial charge in [0.15, 0.2) is 5.69 Å². The summed E-state index contributed by atoms with van der Waals surface area (Å²) >= 11 is 0. The van der Waals surface area contributed by atoms with E-state index in [9.17, 15) is 39.7 Å². The maximum Gasteiger partial charge on any atom is 0.435 e. The predicted molar refractivity (Wildman–Crippen MR) is 120 cm³/mol. The number of aromatic nitrogens is 4. The van der Waals surface area contributed by atoms with E-state index in [1.165, 1.54) is 24.3 Å². The van der Waals surface area contributed by atoms with E-state index in [0.29, 0.717) is 6.20 Å². The summed E-state index contributed by atoms with van der Waals surface area (Å²) in [4.78, 5) is 19.9. The number of rotatable bonds is 6. The fourth-order valence-corrected chi connectivity index (χ4v) is 4.44. The van der Waals surface area contributed by atoms with Crippen LogP contribution in [0, 0.1) is 17.7 Å². The van der Waals surface area contributed by atoms with Crippen LogP contribution in [0.2, 0.25) is 0 Å². The van der Waals surface area contributed by atoms with E-state index in [-0.39, 0.29) is 23.4 Å². The van der Waals surface area contributed by atoms with Crippen molar-refractivity contribution in [3.63, 3.8) is 0 Å². The Kier molecular flexibility index (Phi) is 6.77. The van der Waals surface area contributed by atoms with Crippen molar-refractivity contribution in [2.24, 2.45) is 0 Å². The zero-order valence-corrected chi connectivity index (χ0v) is 20.7. The summed E-state index contributed by atoms with van der Waals surface area (Å²) in [5.74, 6) is -3.66. The van der Waals surface area contributed by atoms with Crippen LogP contribution in [0.25, 0.3) is 0 Å². The van der Waals surface area contributed by atoms with Crippen LogP contribution in [0.4, 0.5) is 36.4 Å². The molecule has 0 spiro atoms. The van der Waals surface area contributed by atoms with Crippen molar-refractivity contribution in [3.8, 4) is 11.9 Å². The van der Waals surface area contributed by atoms with E-state index in [4.69, 9.17) is 9.52 Å². The number of alkyl halides is 6. The minimum atomic E-state index is -5.04. The van der Waals surface area contributed by atoms with Gasteiger partial charge in [0, 0.05) is 28.6 Å². The Labute approximate surface area is 215 Å². The van der Waals surface area contributed by atoms with Crippen LogP contribution >= 0.6 is 0 Å². The molecule has 1 atom stereocenters. The number of carbonyl (C=O) groups excluding carboxylic acids is 1. The van der Waals surface area contributed by atoms with E-state index >= 15 is 0 Å². The number of nitrogens with zero attached hydrogens (tertiary/aromatic N) is 4. The Bertz CT molecular complexity index is 1570. The predicted octanol–water partition coefficient (Wildman–Crippen LogP) is 5.41. The van der Waals surface area contributed by atoms with Gasteiger partial charge in [-0.3, -0.25) is 4.79 Å². The Hall–Kier alpha value is -3.89. The molecule has 0 radical (unpaired) electrons. The number of carbonyl (C=O) groups is 1. The molecule has 2 aromatic heterocycles. The van der Waals surface area contributed by atoms with Gasteiger partial charge in [-0.1, -0.05) is 6.07 Å². The standard InChI is InChI=1S/C22H17F7N6O3S/c1-10-14(17(36)32-11-4-3-5-12(8-11)39(2,30)37)18(35-34-15(10)21(24,25)26)38-19-31-9-13(16(23)33-19)20(6-7-20)22(27,28)29/h3-5,8-9,30H,6-7H2,1-2H3,(H,32,36). The molecule has 1 amide bonds. The van der Waals surface area contributed by atoms with Crippen LogP contribution in [0.1, 0.15) is 40.0 Å². The average molecular weight is 578 g/mol. The molecule has 39 heavy (non-hydrogen) atoms. The van der Waals surface area contributed by atoms with Crippen molar-refractivity contribution in [2.45, 2.75) is 42.4 Å². The molecule has 17 heteroatoms. The van der Waals surface area contributed by atoms with Gasteiger partial charge in [0.1, 0.15) is 5.56 Å². The molecule has 1 aromatic carbocycles. The van der Waals surface area contributed by atoms with E-state index in [1.807, 2.05) is 0 Å². The van der Waals surface area contributed by atoms with E-state index < -0.39 is 73.6 Å². The van der Waals surface area contributed by atoms with Gasteiger partial charge in [-0.25, -0.2) is 14.0 Å². The summed E-state index contributed by atoms with van der Waals surface area (Å²) in [6.07, 6.45) is -8.88. The van der Waals surface area contributed by atoms with Crippen molar-refractivity contribution < 1.29 is 44.5 Å². The van der Waals surface area contributed by atoms with E-state index in [1.54, 1.807) is 0 Å². The molecule has 0 bridgehead atoms. The summed E-state index contributed by atoms with van der Waals surface area (Å²) in [6.45, 7) is 0.892. The number of hydrogen-bond donors (Lipinski definition) is 2. The highest BCUT2D eigenvalue weighted by Crippen LogP contribution is 2.59. The van der Waals surface area contributed by atoms with Crippen molar-refractivity contribution in [3.05, 3.63) is 58.8 Å². The number of ether oxygens (including phenoxy) is 1. The molecule has 2 heterocycles. The zero-order valence-electron chi connectivity index (χ0n) is 19.9. The van der Waals surface area contributed by atoms with Crippen LogP contribution in [-0.2, 0) is 21.3 Å². The maximum absolute atomic E-state index is 14.6. The Morgan fingerprint density at radius 2 is 1.82 bits per heavy atom. The average Bonchev–Trinajstić information content (AvgIpc) is 3.60. The fourth-order valence-electron chi connectivity index (χ4n) is 3.75. The first kappa shape index (κ1) is 28.1. The van der Waals surface area contributed by atoms with E-state index in [0.717, 1.165) is 13.2 Å². The summed E-state index contributed by atoms with van der Waals surface area (Å²) in [7, 11) is -3.20. The van der Waals surface area contributed by atoms with Gasteiger partial charge < -0.3 is 10.1 Å². The van der Waals surface area contributed by atoms with Gasteiger partial charge in [-0.15, -0.1) is 10.2 Å². The topological polar surface area (TPSA) is 131 Å². The molecule has 208 valence electrons. The smallest absolute Gasteiger partial charge is 0.403 e. The number of anilines is 1. The third-order valence-electron chi connectivity index (χ3n) is 5.94. The molecule has 0 saturated heterocycles. The van der Waals surface area contributed by atoms with Gasteiger partial charge in [-0.05, 0) is 43.5 Å². The van der Waals surface area contributed by atoms with E-state index in [2.05, 4.69) is 25.5 Å². The lowest BCUT2D eigenvalue weighted by Crippen LogP contribution is -2.30. The molecule has 0 aliphatic heterocycles. The molecule has 1 saturated carbocycles. The largest absolute Gasteiger partial charge is 0.435 e. The van der Waals surface area contributed by atoms with Crippen LogP contribution in [0.15, 0.2) is 35.4 Å². The fraction of sp³-hybridized carbons (Fsp3) is 0.318. The molecule has 9 nitrogen and oxygen atoms in total. The quantitative estimate of drug-likeness (QED) is 0.296. The Morgan fingerprint density at radius 1 is 1.15 bits per heavy atom. The first-order chi connectivity index (χ1) is 17.9. The summed E-state index contributed by atoms with van der Waals surface area (Å²) in [5.41, 5.74) is -6.40. The molecule has 1 aliphatic carbocycles. The number of benzene rings is 1. The van der Waals surface area contributed by atoms with Gasteiger partial charge >= 0.3 is 18.4 Å². The molecule has 2 N–H and O–H groups in total. The lowest BCUT2D eigenvalue weighted by atomic mass is 9.98. The van der Waals surface area contributed by atoms with Crippen molar-refractivity contribution in [1.29, 1.82) is 4.78 Å². The SMILES string of the molecule is Cc1c(C(F)(F)F)nnc(Oc2ncc(C3(C(F)(F)F)CC3)c(F)n2)c1C(=O)Nc1cccc(S(C)(=N)=O)c1. The summed E-state index contributed by atoms with van der Waals surface area (Å²) in [6, 6.07) is 4.26. The van der Waals surface area contributed by atoms with Gasteiger partial charge in [-0.2, -0.15) is 35.7 Å². The second kappa shape index (κ2) is 9.39. The molecular formula is C22H17F7N6O3S. The highest BCUT2D eigenvalue weighted by molar-refractivity contribution is 7.91. The molecule has 4 rings (SSSR count). The second-order valence-corrected chi connectivity index (χ2v) is 10.9. The highest BCUT2D eigenvalue weighted by atomic mass is 32.2. The number of hydrogen-bond acceptors (Lipinski definition) is 8. The number of nitrogens with one attached hydrogen (secondary N) is 2. The van der Waals surface area contributed by atoms with Crippen LogP contribution in [0.3, 0.4) is 0 Å². The van der Waals surface area contributed by atoms with Crippen LogP contribution in [-0.4, -0.2) is 42.7 Å². The Morgan fingerprint density at radius 3 is 2.36 bits per heavy atom. The zero-order chi connectivity index (χ0) is 29.0. The minimum Gasteiger partial charge on any atom is -0.403 e. The molecular weight excluding hydrogens is 561 g/mol. The maximum atomic E-state index is 14.6. The Balaban J connectivity index is 1.72. The van der Waals surface area contributed by atoms with Crippen LogP contribution in [0.5, 0.6) is 11.9 Å². The monoisotopic (exact) mass is 578 g/mol. The molecule has 3 aromatic rings. The summed E-state index contributed by atoms with van der Waals surface area (Å²) < 4.78 is 120. The minimum absolute atomic E-state index is 0.0218. The van der Waals surface area contributed by atoms with Crippen molar-refractivity contribution >= 4 is 21.3 Å². The number of halogens is 7. The normalized spacial score (nSPS) is 16.3. The third-order valence-corrected chi connectivity index (χ3v) is 7.09. The van der Waals surface area contributed by atoms with Gasteiger partial charge in [0.2, 0.25) is 5.95 Å². The van der Waals surface area contributed by atoms with Crippen molar-refractivity contribution in [1.82, 2.24) is 20.2 Å². The summed E-state index contributed by atoms with van der Waals surface area (Å²) in [5, 5.41) is 8.56. The molecule has 1 fully saturated rings. The lowest BCUT2D eigenvalue weighted by molar-refractivity contribution is -0.161. The third kappa shape index (κ3) is 5.48. The molecule has 1 aliphatic rings. The second-order valence-electron chi connectivity index (χ2n) is 8.72. The van der Waals surface area contributed by atoms with Crippen LogP contribution < -0.4 is 10.1 Å².